The van der Waals surface area contributed by atoms with Crippen LogP contribution >= 0.6 is 0 Å². The molecule has 0 radical (unpaired) electrons. The Bertz CT molecular complexity index is 203. The lowest BCUT2D eigenvalue weighted by Gasteiger charge is -2.38. The van der Waals surface area contributed by atoms with E-state index in [2.05, 4.69) is 13.0 Å². The number of nitriles is 1. The maximum atomic E-state index is 9.01. The minimum absolute atomic E-state index is 0.153. The third kappa shape index (κ3) is 0.819. The van der Waals surface area contributed by atoms with E-state index in [1.165, 1.54) is 32.1 Å². The van der Waals surface area contributed by atoms with Gasteiger partial charge in [-0.2, -0.15) is 5.26 Å². The van der Waals surface area contributed by atoms with E-state index in [9.17, 15) is 0 Å². The molecule has 0 bridgehead atoms. The van der Waals surface area contributed by atoms with Crippen LogP contribution in [0.1, 0.15) is 39.0 Å². The third-order valence-corrected chi connectivity index (χ3v) is 3.79. The van der Waals surface area contributed by atoms with Crippen molar-refractivity contribution in [3.05, 3.63) is 0 Å². The molecule has 0 aromatic heterocycles. The molecule has 0 aromatic carbocycles. The van der Waals surface area contributed by atoms with Gasteiger partial charge < -0.3 is 0 Å². The van der Waals surface area contributed by atoms with Crippen LogP contribution in [0.4, 0.5) is 0 Å². The zero-order chi connectivity index (χ0) is 7.90. The Morgan fingerprint density at radius 3 is 2.82 bits per heavy atom. The largest absolute Gasteiger partial charge is 0.198 e. The molecule has 2 fully saturated rings. The van der Waals surface area contributed by atoms with Crippen molar-refractivity contribution in [3.63, 3.8) is 0 Å². The highest BCUT2D eigenvalue weighted by atomic mass is 14.6. The van der Waals surface area contributed by atoms with Crippen LogP contribution in [0.15, 0.2) is 0 Å². The molecular formula is C10H15N. The number of rotatable bonds is 1. The molecule has 2 rings (SSSR count). The first-order valence-electron chi connectivity index (χ1n) is 4.72. The van der Waals surface area contributed by atoms with Crippen LogP contribution in [0.5, 0.6) is 0 Å². The number of nitrogens with zero attached hydrogens (tertiary/aromatic N) is 1. The Labute approximate surface area is 68.4 Å². The Morgan fingerprint density at radius 2 is 2.45 bits per heavy atom. The van der Waals surface area contributed by atoms with E-state index in [4.69, 9.17) is 5.26 Å². The molecule has 0 spiro atoms. The van der Waals surface area contributed by atoms with Gasteiger partial charge in [-0.25, -0.2) is 0 Å². The van der Waals surface area contributed by atoms with Crippen LogP contribution in [-0.4, -0.2) is 0 Å². The summed E-state index contributed by atoms with van der Waals surface area (Å²) in [5.74, 6) is 1.64. The average molecular weight is 149 g/mol. The molecule has 11 heavy (non-hydrogen) atoms. The quantitative estimate of drug-likeness (QED) is 0.562. The lowest BCUT2D eigenvalue weighted by atomic mass is 9.63. The lowest BCUT2D eigenvalue weighted by Crippen LogP contribution is -2.33. The fourth-order valence-corrected chi connectivity index (χ4v) is 2.81. The first-order chi connectivity index (χ1) is 5.30. The van der Waals surface area contributed by atoms with Gasteiger partial charge in [-0.15, -0.1) is 0 Å². The molecule has 3 atom stereocenters. The molecule has 1 heteroatoms. The van der Waals surface area contributed by atoms with Gasteiger partial charge in [0.1, 0.15) is 0 Å². The zero-order valence-corrected chi connectivity index (χ0v) is 7.14. The first-order valence-corrected chi connectivity index (χ1v) is 4.72. The van der Waals surface area contributed by atoms with Gasteiger partial charge in [0.05, 0.1) is 11.5 Å². The summed E-state index contributed by atoms with van der Waals surface area (Å²) in [6.07, 6.45) is 6.32. The molecule has 60 valence electrons. The molecule has 1 nitrogen and oxygen atoms in total. The van der Waals surface area contributed by atoms with Gasteiger partial charge in [0.2, 0.25) is 0 Å². The molecule has 0 aromatic rings. The fourth-order valence-electron chi connectivity index (χ4n) is 2.81. The van der Waals surface area contributed by atoms with Crippen molar-refractivity contribution in [3.8, 4) is 6.07 Å². The first kappa shape index (κ1) is 7.16. The van der Waals surface area contributed by atoms with Crippen LogP contribution in [-0.2, 0) is 0 Å². The van der Waals surface area contributed by atoms with Crippen molar-refractivity contribution in [2.24, 2.45) is 17.3 Å². The van der Waals surface area contributed by atoms with Gasteiger partial charge >= 0.3 is 0 Å². The van der Waals surface area contributed by atoms with Crippen molar-refractivity contribution >= 4 is 0 Å². The van der Waals surface area contributed by atoms with Gasteiger partial charge in [0.25, 0.3) is 0 Å². The normalized spacial score (nSPS) is 47.6. The molecule has 2 aliphatic rings. The van der Waals surface area contributed by atoms with Crippen molar-refractivity contribution in [2.75, 3.05) is 0 Å². The van der Waals surface area contributed by atoms with Crippen LogP contribution < -0.4 is 0 Å². The van der Waals surface area contributed by atoms with Crippen LogP contribution in [0, 0.1) is 28.6 Å². The predicted octanol–water partition coefficient (Wildman–Crippen LogP) is 2.73. The fraction of sp³-hybridized carbons (Fsp3) is 0.900. The SMILES string of the molecule is CCC1CC2CCC2(C#N)C1. The maximum Gasteiger partial charge on any atom is 0.0692 e. The smallest absolute Gasteiger partial charge is 0.0692 e. The van der Waals surface area contributed by atoms with E-state index >= 15 is 0 Å². The summed E-state index contributed by atoms with van der Waals surface area (Å²) in [6.45, 7) is 2.25. The Morgan fingerprint density at radius 1 is 1.64 bits per heavy atom. The van der Waals surface area contributed by atoms with Crippen LogP contribution in [0.3, 0.4) is 0 Å². The van der Waals surface area contributed by atoms with Crippen LogP contribution in [0.25, 0.3) is 0 Å². The molecular weight excluding hydrogens is 134 g/mol. The highest BCUT2D eigenvalue weighted by Gasteiger charge is 2.53. The molecule has 2 aliphatic carbocycles. The summed E-state index contributed by atoms with van der Waals surface area (Å²) < 4.78 is 0. The lowest BCUT2D eigenvalue weighted by molar-refractivity contribution is 0.133. The van der Waals surface area contributed by atoms with Gasteiger partial charge in [-0.05, 0) is 37.5 Å². The second kappa shape index (κ2) is 2.24. The minimum Gasteiger partial charge on any atom is -0.198 e. The van der Waals surface area contributed by atoms with E-state index in [0.717, 1.165) is 11.8 Å². The Kier molecular flexibility index (Phi) is 1.45. The monoisotopic (exact) mass is 149 g/mol. The van der Waals surface area contributed by atoms with E-state index in [-0.39, 0.29) is 5.41 Å². The summed E-state index contributed by atoms with van der Waals surface area (Å²) in [6, 6.07) is 2.54. The van der Waals surface area contributed by atoms with E-state index in [1.54, 1.807) is 0 Å². The predicted molar refractivity (Wildman–Crippen MR) is 43.8 cm³/mol. The number of hydrogen-bond acceptors (Lipinski definition) is 1. The molecule has 0 amide bonds. The van der Waals surface area contributed by atoms with Crippen molar-refractivity contribution in [2.45, 2.75) is 39.0 Å². The number of fused-ring (bicyclic) bond motifs is 1. The van der Waals surface area contributed by atoms with Gasteiger partial charge in [-0.3, -0.25) is 0 Å². The molecule has 0 heterocycles. The van der Waals surface area contributed by atoms with Gasteiger partial charge in [0, 0.05) is 0 Å². The molecule has 0 aliphatic heterocycles. The second-order valence-electron chi connectivity index (χ2n) is 4.22. The molecule has 3 unspecified atom stereocenters. The standard InChI is InChI=1S/C10H15N/c1-2-8-5-9-3-4-10(9,6-8)7-11/h8-9H,2-6H2,1H3. The summed E-state index contributed by atoms with van der Waals surface area (Å²) in [7, 11) is 0. The topological polar surface area (TPSA) is 23.8 Å². The third-order valence-electron chi connectivity index (χ3n) is 3.79. The molecule has 2 saturated carbocycles. The summed E-state index contributed by atoms with van der Waals surface area (Å²) in [5, 5.41) is 9.01. The summed E-state index contributed by atoms with van der Waals surface area (Å²) >= 11 is 0. The zero-order valence-electron chi connectivity index (χ0n) is 7.14. The highest BCUT2D eigenvalue weighted by Crippen LogP contribution is 2.59. The number of hydrogen-bond donors (Lipinski definition) is 0. The van der Waals surface area contributed by atoms with Gasteiger partial charge in [0.15, 0.2) is 0 Å². The highest BCUT2D eigenvalue weighted by molar-refractivity contribution is 5.14. The average Bonchev–Trinajstić information content (AvgIpc) is 2.26. The summed E-state index contributed by atoms with van der Waals surface area (Å²) in [5.41, 5.74) is 0.153. The van der Waals surface area contributed by atoms with Gasteiger partial charge in [-0.1, -0.05) is 13.3 Å². The van der Waals surface area contributed by atoms with Crippen LogP contribution in [0.2, 0.25) is 0 Å². The molecule has 0 saturated heterocycles. The minimum atomic E-state index is 0.153. The van der Waals surface area contributed by atoms with E-state index in [1.807, 2.05) is 0 Å². The summed E-state index contributed by atoms with van der Waals surface area (Å²) in [4.78, 5) is 0. The maximum absolute atomic E-state index is 9.01. The Hall–Kier alpha value is -0.510. The van der Waals surface area contributed by atoms with Crippen molar-refractivity contribution < 1.29 is 0 Å². The van der Waals surface area contributed by atoms with Crippen molar-refractivity contribution in [1.82, 2.24) is 0 Å². The molecule has 0 N–H and O–H groups in total. The second-order valence-corrected chi connectivity index (χ2v) is 4.22. The Balaban J connectivity index is 2.11. The van der Waals surface area contributed by atoms with E-state index < -0.39 is 0 Å². The van der Waals surface area contributed by atoms with E-state index in [0.29, 0.717) is 0 Å². The van der Waals surface area contributed by atoms with Crippen molar-refractivity contribution in [1.29, 1.82) is 5.26 Å².